The topological polar surface area (TPSA) is 91.3 Å². The number of methoxy groups -OCH3 is 1. The molecule has 0 fully saturated rings. The third kappa shape index (κ3) is 4.40. The van der Waals surface area contributed by atoms with Crippen molar-refractivity contribution in [1.29, 1.82) is 0 Å². The third-order valence-corrected chi connectivity index (χ3v) is 5.35. The lowest BCUT2D eigenvalue weighted by Gasteiger charge is -2.11. The van der Waals surface area contributed by atoms with Crippen LogP contribution in [0.2, 0.25) is 5.02 Å². The molecular weight excluding hydrogens is 402 g/mol. The van der Waals surface area contributed by atoms with Crippen LogP contribution in [0.4, 0.5) is 5.69 Å². The van der Waals surface area contributed by atoms with Gasteiger partial charge in [0.05, 0.1) is 22.7 Å². The van der Waals surface area contributed by atoms with Crippen molar-refractivity contribution >= 4 is 35.0 Å². The molecule has 0 saturated carbocycles. The van der Waals surface area contributed by atoms with E-state index in [4.69, 9.17) is 20.9 Å². The number of hydrogen-bond donors (Lipinski definition) is 1. The van der Waals surface area contributed by atoms with E-state index in [1.807, 2.05) is 31.2 Å². The average molecular weight is 420 g/mol. The fourth-order valence-electron chi connectivity index (χ4n) is 2.40. The Hall–Kier alpha value is -2.71. The minimum atomic E-state index is -0.599. The smallest absolute Gasteiger partial charge is 0.298 e. The lowest BCUT2D eigenvalue weighted by atomic mass is 10.2. The first kappa shape index (κ1) is 20.0. The van der Waals surface area contributed by atoms with Gasteiger partial charge >= 0.3 is 0 Å². The van der Waals surface area contributed by atoms with E-state index in [2.05, 4.69) is 10.6 Å². The van der Waals surface area contributed by atoms with E-state index in [1.54, 1.807) is 25.1 Å². The molecule has 0 saturated heterocycles. The van der Waals surface area contributed by atoms with Crippen molar-refractivity contribution in [2.75, 3.05) is 12.4 Å². The van der Waals surface area contributed by atoms with Crippen molar-refractivity contribution in [3.63, 3.8) is 0 Å². The van der Waals surface area contributed by atoms with Crippen LogP contribution in [0.5, 0.6) is 11.7 Å². The van der Waals surface area contributed by atoms with E-state index in [0.717, 1.165) is 17.3 Å². The highest BCUT2D eigenvalue weighted by atomic mass is 35.5. The summed E-state index contributed by atoms with van der Waals surface area (Å²) in [5.74, 6) is -0.373. The fraction of sp³-hybridized carbons (Fsp3) is 0.211. The summed E-state index contributed by atoms with van der Waals surface area (Å²) in [7, 11) is 1.51. The highest BCUT2D eigenvalue weighted by Gasteiger charge is 2.26. The Morgan fingerprint density at radius 1 is 1.32 bits per heavy atom. The Labute approximate surface area is 171 Å². The predicted octanol–water partition coefficient (Wildman–Crippen LogP) is 3.11. The maximum atomic E-state index is 12.5. The number of hydrogen-bond acceptors (Lipinski definition) is 6. The molecule has 0 aliphatic rings. The van der Waals surface area contributed by atoms with E-state index in [-0.39, 0.29) is 10.9 Å². The Balaban J connectivity index is 1.75. The maximum Gasteiger partial charge on any atom is 0.298 e. The molecule has 1 aromatic heterocycles. The van der Waals surface area contributed by atoms with Gasteiger partial charge in [0.2, 0.25) is 11.6 Å². The molecule has 0 bridgehead atoms. The quantitative estimate of drug-likeness (QED) is 0.487. The first-order valence-corrected chi connectivity index (χ1v) is 9.62. The first-order valence-electron chi connectivity index (χ1n) is 8.36. The second-order valence-corrected chi connectivity index (χ2v) is 7.75. The van der Waals surface area contributed by atoms with Gasteiger partial charge in [-0.1, -0.05) is 29.3 Å². The zero-order chi connectivity index (χ0) is 20.3. The molecule has 1 heterocycles. The third-order valence-electron chi connectivity index (χ3n) is 3.93. The maximum absolute atomic E-state index is 12.5. The summed E-state index contributed by atoms with van der Waals surface area (Å²) in [6.07, 6.45) is 0. The van der Waals surface area contributed by atoms with Gasteiger partial charge in [-0.05, 0) is 48.5 Å². The molecule has 0 aliphatic heterocycles. The van der Waals surface area contributed by atoms with Crippen LogP contribution in [0.3, 0.4) is 0 Å². The molecule has 1 amide bonds. The van der Waals surface area contributed by atoms with Crippen LogP contribution in [-0.2, 0) is 4.79 Å². The summed E-state index contributed by atoms with van der Waals surface area (Å²) < 4.78 is 11.3. The molecule has 28 heavy (non-hydrogen) atoms. The second kappa shape index (κ2) is 8.53. The normalized spacial score (nSPS) is 11.9. The van der Waals surface area contributed by atoms with Gasteiger partial charge in [0, 0.05) is 17.8 Å². The minimum absolute atomic E-state index is 0.222. The molecule has 3 rings (SSSR count). The van der Waals surface area contributed by atoms with Crippen molar-refractivity contribution in [2.45, 2.75) is 24.1 Å². The number of ether oxygens (including phenoxy) is 1. The number of rotatable bonds is 6. The first-order chi connectivity index (χ1) is 13.4. The number of amides is 1. The monoisotopic (exact) mass is 419 g/mol. The van der Waals surface area contributed by atoms with Gasteiger partial charge in [-0.15, -0.1) is 0 Å². The highest BCUT2D eigenvalue weighted by Crippen LogP contribution is 2.30. The van der Waals surface area contributed by atoms with Crippen molar-refractivity contribution in [3.05, 3.63) is 53.1 Å². The van der Waals surface area contributed by atoms with Crippen LogP contribution >= 0.6 is 23.4 Å². The van der Waals surface area contributed by atoms with Crippen LogP contribution in [-0.4, -0.2) is 23.5 Å². The van der Waals surface area contributed by atoms with E-state index >= 15 is 0 Å². The lowest BCUT2D eigenvalue weighted by molar-refractivity contribution is -0.705. The molecule has 7 nitrogen and oxygen atoms in total. The summed E-state index contributed by atoms with van der Waals surface area (Å²) in [6.45, 7) is 3.65. The zero-order valence-corrected chi connectivity index (χ0v) is 17.0. The molecule has 1 unspecified atom stereocenters. The molecule has 1 N–H and O–H groups in total. The van der Waals surface area contributed by atoms with Crippen LogP contribution in [0.25, 0.3) is 5.69 Å². The fourth-order valence-corrected chi connectivity index (χ4v) is 3.53. The number of thioether (sulfide) groups is 1. The number of aromatic nitrogens is 2. The second-order valence-electron chi connectivity index (χ2n) is 6.01. The molecule has 0 aliphatic carbocycles. The standard InChI is InChI=1S/C19H18ClN3O4S/c1-11-4-7-14(8-5-11)23-18(19(25)27-22-23)28-12(2)17(24)21-13-6-9-16(26-3)15(20)10-13/h4-10,12H,1-3H3,(H-,21,22,24,25). The summed E-state index contributed by atoms with van der Waals surface area (Å²) in [5, 5.41) is 18.7. The molecule has 2 aromatic carbocycles. The Kier molecular flexibility index (Phi) is 6.11. The average Bonchev–Trinajstić information content (AvgIpc) is 3.03. The molecule has 146 valence electrons. The SMILES string of the molecule is COc1ccc(NC(=O)C(C)Sc2c([O-])on[n+]2-c2ccc(C)cc2)cc1Cl. The van der Waals surface area contributed by atoms with E-state index in [1.165, 1.54) is 11.8 Å². The van der Waals surface area contributed by atoms with Crippen molar-refractivity contribution < 1.29 is 23.8 Å². The number of halogens is 1. The van der Waals surface area contributed by atoms with E-state index in [0.29, 0.717) is 22.1 Å². The van der Waals surface area contributed by atoms with Gasteiger partial charge in [-0.25, -0.2) is 0 Å². The summed E-state index contributed by atoms with van der Waals surface area (Å²) >= 11 is 7.15. The van der Waals surface area contributed by atoms with Gasteiger partial charge in [0.1, 0.15) is 5.75 Å². The van der Waals surface area contributed by atoms with Crippen LogP contribution in [0.15, 0.2) is 52.0 Å². The molecular formula is C19H18ClN3O4S. The molecule has 1 atom stereocenters. The van der Waals surface area contributed by atoms with Crippen LogP contribution in [0.1, 0.15) is 12.5 Å². The summed E-state index contributed by atoms with van der Waals surface area (Å²) in [4.78, 5) is 12.5. The Bertz CT molecular complexity index is 991. The molecule has 9 heteroatoms. The van der Waals surface area contributed by atoms with Gasteiger partial charge in [0.15, 0.2) is 5.95 Å². The molecule has 0 spiro atoms. The molecule has 0 radical (unpaired) electrons. The number of carbonyl (C=O) groups is 1. The van der Waals surface area contributed by atoms with E-state index < -0.39 is 11.2 Å². The Morgan fingerprint density at radius 3 is 2.68 bits per heavy atom. The highest BCUT2D eigenvalue weighted by molar-refractivity contribution is 8.00. The van der Waals surface area contributed by atoms with Crippen molar-refractivity contribution in [2.24, 2.45) is 0 Å². The number of nitrogens with zero attached hydrogens (tertiary/aromatic N) is 2. The van der Waals surface area contributed by atoms with Crippen molar-refractivity contribution in [3.8, 4) is 17.4 Å². The summed E-state index contributed by atoms with van der Waals surface area (Å²) in [5.41, 5.74) is 2.28. The Morgan fingerprint density at radius 2 is 2.04 bits per heavy atom. The number of carbonyl (C=O) groups excluding carboxylic acids is 1. The minimum Gasteiger partial charge on any atom is -0.538 e. The van der Waals surface area contributed by atoms with Crippen LogP contribution in [0, 0.1) is 6.92 Å². The van der Waals surface area contributed by atoms with Crippen LogP contribution < -0.4 is 19.8 Å². The largest absolute Gasteiger partial charge is 0.538 e. The lowest BCUT2D eigenvalue weighted by Crippen LogP contribution is -2.36. The summed E-state index contributed by atoms with van der Waals surface area (Å²) in [6, 6.07) is 12.4. The van der Waals surface area contributed by atoms with Gasteiger partial charge in [0.25, 0.3) is 5.03 Å². The van der Waals surface area contributed by atoms with Gasteiger partial charge < -0.3 is 19.7 Å². The predicted molar refractivity (Wildman–Crippen MR) is 104 cm³/mol. The van der Waals surface area contributed by atoms with Crippen molar-refractivity contribution in [1.82, 2.24) is 5.27 Å². The van der Waals surface area contributed by atoms with Gasteiger partial charge in [-0.3, -0.25) is 4.79 Å². The van der Waals surface area contributed by atoms with Gasteiger partial charge in [-0.2, -0.15) is 0 Å². The number of benzene rings is 2. The van der Waals surface area contributed by atoms with E-state index in [9.17, 15) is 9.90 Å². The number of nitrogens with one attached hydrogen (secondary N) is 1. The number of aryl methyl sites for hydroxylation is 1. The molecule has 3 aromatic rings. The zero-order valence-electron chi connectivity index (χ0n) is 15.4. The number of anilines is 1.